The lowest BCUT2D eigenvalue weighted by Crippen LogP contribution is -2.15. The minimum Gasteiger partial charge on any atom is -0.291 e. The number of benzene rings is 2. The van der Waals surface area contributed by atoms with E-state index in [1.165, 1.54) is 11.1 Å². The molecule has 0 N–H and O–H groups in total. The van der Waals surface area contributed by atoms with Crippen LogP contribution in [-0.2, 0) is 19.6 Å². The fourth-order valence-corrected chi connectivity index (χ4v) is 2.96. The molecule has 0 saturated heterocycles. The number of fused-ring (bicyclic) bond motifs is 1. The lowest BCUT2D eigenvalue weighted by molar-refractivity contribution is -0.385. The average Bonchev–Trinajstić information content (AvgIpc) is 2.82. The third kappa shape index (κ3) is 2.59. The molecule has 1 heterocycles. The molecule has 4 nitrogen and oxygen atoms in total. The first-order valence-electron chi connectivity index (χ1n) is 6.35. The second-order valence-corrected chi connectivity index (χ2v) is 5.81. The van der Waals surface area contributed by atoms with Crippen molar-refractivity contribution in [3.8, 4) is 0 Å². The number of hydrogen-bond donors (Lipinski definition) is 0. The molecule has 20 heavy (non-hydrogen) atoms. The Bertz CT molecular complexity index is 648. The van der Waals surface area contributed by atoms with Crippen molar-refractivity contribution in [2.75, 3.05) is 0 Å². The summed E-state index contributed by atoms with van der Waals surface area (Å²) in [4.78, 5) is 12.9. The number of rotatable bonds is 3. The molecule has 0 saturated carbocycles. The summed E-state index contributed by atoms with van der Waals surface area (Å²) in [5.41, 5.74) is 3.78. The predicted octanol–water partition coefficient (Wildman–Crippen LogP) is 3.87. The van der Waals surface area contributed by atoms with Gasteiger partial charge < -0.3 is 0 Å². The molecule has 0 aliphatic carbocycles. The highest BCUT2D eigenvalue weighted by molar-refractivity contribution is 9.10. The highest BCUT2D eigenvalue weighted by Gasteiger charge is 2.19. The topological polar surface area (TPSA) is 46.4 Å². The van der Waals surface area contributed by atoms with Crippen molar-refractivity contribution >= 4 is 21.6 Å². The first-order chi connectivity index (χ1) is 9.63. The van der Waals surface area contributed by atoms with E-state index in [2.05, 4.69) is 33.0 Å². The molecule has 2 aromatic rings. The Labute approximate surface area is 125 Å². The molecule has 5 heteroatoms. The number of nitro benzene ring substituents is 1. The molecule has 0 unspecified atom stereocenters. The molecule has 1 aliphatic heterocycles. The zero-order chi connectivity index (χ0) is 14.1. The Morgan fingerprint density at radius 3 is 2.40 bits per heavy atom. The van der Waals surface area contributed by atoms with Gasteiger partial charge in [-0.2, -0.15) is 0 Å². The maximum Gasteiger partial charge on any atom is 0.283 e. The van der Waals surface area contributed by atoms with Gasteiger partial charge in [-0.05, 0) is 38.7 Å². The van der Waals surface area contributed by atoms with Crippen LogP contribution in [0.1, 0.15) is 16.7 Å². The van der Waals surface area contributed by atoms with E-state index < -0.39 is 0 Å². The zero-order valence-corrected chi connectivity index (χ0v) is 12.3. The molecular weight excluding hydrogens is 320 g/mol. The summed E-state index contributed by atoms with van der Waals surface area (Å²) in [6, 6.07) is 13.7. The molecule has 0 aromatic heterocycles. The lowest BCUT2D eigenvalue weighted by Gasteiger charge is -2.14. The van der Waals surface area contributed by atoms with Crippen LogP contribution in [0, 0.1) is 10.1 Å². The van der Waals surface area contributed by atoms with Crippen LogP contribution in [-0.4, -0.2) is 9.82 Å². The van der Waals surface area contributed by atoms with E-state index in [4.69, 9.17) is 0 Å². The minimum absolute atomic E-state index is 0.124. The predicted molar refractivity (Wildman–Crippen MR) is 80.2 cm³/mol. The Balaban J connectivity index is 1.77. The van der Waals surface area contributed by atoms with Gasteiger partial charge >= 0.3 is 0 Å². The standard InChI is InChI=1S/C15H13BrN2O2/c16-14-6-5-11(7-15(14)18(19)20)8-17-9-12-3-1-2-4-13(12)10-17/h1-7H,8-10H2. The van der Waals surface area contributed by atoms with E-state index in [0.717, 1.165) is 25.2 Å². The normalized spacial score (nSPS) is 14.2. The average molecular weight is 333 g/mol. The van der Waals surface area contributed by atoms with Gasteiger partial charge in [-0.1, -0.05) is 30.3 Å². The summed E-state index contributed by atoms with van der Waals surface area (Å²) in [5, 5.41) is 11.0. The van der Waals surface area contributed by atoms with Crippen molar-refractivity contribution < 1.29 is 4.92 Å². The van der Waals surface area contributed by atoms with Gasteiger partial charge in [-0.25, -0.2) is 0 Å². The molecule has 1 aliphatic rings. The van der Waals surface area contributed by atoms with Crippen LogP contribution in [0.15, 0.2) is 46.9 Å². The maximum atomic E-state index is 11.0. The van der Waals surface area contributed by atoms with Gasteiger partial charge in [0.05, 0.1) is 9.40 Å². The van der Waals surface area contributed by atoms with Crippen LogP contribution in [0.25, 0.3) is 0 Å². The van der Waals surface area contributed by atoms with Gasteiger partial charge in [0.2, 0.25) is 0 Å². The second kappa shape index (κ2) is 5.34. The SMILES string of the molecule is O=[N+]([O-])c1cc(CN2Cc3ccccc3C2)ccc1Br. The van der Waals surface area contributed by atoms with Crippen LogP contribution >= 0.6 is 15.9 Å². The van der Waals surface area contributed by atoms with E-state index >= 15 is 0 Å². The van der Waals surface area contributed by atoms with Crippen LogP contribution in [0.4, 0.5) is 5.69 Å². The largest absolute Gasteiger partial charge is 0.291 e. The van der Waals surface area contributed by atoms with Crippen molar-refractivity contribution in [3.05, 3.63) is 73.7 Å². The molecule has 0 bridgehead atoms. The van der Waals surface area contributed by atoms with Crippen molar-refractivity contribution in [1.29, 1.82) is 0 Å². The summed E-state index contributed by atoms with van der Waals surface area (Å²) in [6.45, 7) is 2.53. The fourth-order valence-electron chi connectivity index (χ4n) is 2.57. The highest BCUT2D eigenvalue weighted by atomic mass is 79.9. The van der Waals surface area contributed by atoms with E-state index in [1.54, 1.807) is 12.1 Å². The Kier molecular flexibility index (Phi) is 3.54. The van der Waals surface area contributed by atoms with Gasteiger partial charge in [0.25, 0.3) is 5.69 Å². The quantitative estimate of drug-likeness (QED) is 0.633. The first kappa shape index (κ1) is 13.3. The van der Waals surface area contributed by atoms with Gasteiger partial charge in [0.15, 0.2) is 0 Å². The number of hydrogen-bond acceptors (Lipinski definition) is 3. The van der Waals surface area contributed by atoms with Gasteiger partial charge in [0.1, 0.15) is 0 Å². The molecule has 2 aromatic carbocycles. The summed E-state index contributed by atoms with van der Waals surface area (Å²) >= 11 is 3.21. The summed E-state index contributed by atoms with van der Waals surface area (Å²) in [5.74, 6) is 0. The van der Waals surface area contributed by atoms with Crippen LogP contribution in [0.3, 0.4) is 0 Å². The monoisotopic (exact) mass is 332 g/mol. The van der Waals surface area contributed by atoms with Crippen LogP contribution in [0.2, 0.25) is 0 Å². The molecule has 3 rings (SSSR count). The van der Waals surface area contributed by atoms with Crippen LogP contribution < -0.4 is 0 Å². The molecule has 102 valence electrons. The number of nitro groups is 1. The Hall–Kier alpha value is -1.72. The number of halogens is 1. The van der Waals surface area contributed by atoms with Gasteiger partial charge in [-0.3, -0.25) is 15.0 Å². The Morgan fingerprint density at radius 2 is 1.80 bits per heavy atom. The van der Waals surface area contributed by atoms with Crippen molar-refractivity contribution in [2.24, 2.45) is 0 Å². The van der Waals surface area contributed by atoms with E-state index in [1.807, 2.05) is 18.2 Å². The zero-order valence-electron chi connectivity index (χ0n) is 10.8. The molecule has 0 radical (unpaired) electrons. The van der Waals surface area contributed by atoms with Crippen LogP contribution in [0.5, 0.6) is 0 Å². The highest BCUT2D eigenvalue weighted by Crippen LogP contribution is 2.28. The van der Waals surface area contributed by atoms with Crippen molar-refractivity contribution in [3.63, 3.8) is 0 Å². The maximum absolute atomic E-state index is 11.0. The molecular formula is C15H13BrN2O2. The smallest absolute Gasteiger partial charge is 0.283 e. The second-order valence-electron chi connectivity index (χ2n) is 4.96. The van der Waals surface area contributed by atoms with Gasteiger partial charge in [-0.15, -0.1) is 0 Å². The lowest BCUT2D eigenvalue weighted by atomic mass is 10.1. The molecule has 0 fully saturated rings. The van der Waals surface area contributed by atoms with E-state index in [0.29, 0.717) is 4.47 Å². The number of nitrogens with zero attached hydrogens (tertiary/aromatic N) is 2. The third-order valence-corrected chi connectivity index (χ3v) is 4.19. The minimum atomic E-state index is -0.355. The summed E-state index contributed by atoms with van der Waals surface area (Å²) < 4.78 is 0.524. The fraction of sp³-hybridized carbons (Fsp3) is 0.200. The first-order valence-corrected chi connectivity index (χ1v) is 7.15. The Morgan fingerprint density at radius 1 is 1.15 bits per heavy atom. The summed E-state index contributed by atoms with van der Waals surface area (Å²) in [7, 11) is 0. The summed E-state index contributed by atoms with van der Waals surface area (Å²) in [6.07, 6.45) is 0. The van der Waals surface area contributed by atoms with Crippen molar-refractivity contribution in [1.82, 2.24) is 4.90 Å². The third-order valence-electron chi connectivity index (χ3n) is 3.52. The molecule has 0 amide bonds. The van der Waals surface area contributed by atoms with E-state index in [-0.39, 0.29) is 10.6 Å². The van der Waals surface area contributed by atoms with Crippen molar-refractivity contribution in [2.45, 2.75) is 19.6 Å². The van der Waals surface area contributed by atoms with E-state index in [9.17, 15) is 10.1 Å². The molecule has 0 atom stereocenters. The molecule has 0 spiro atoms. The van der Waals surface area contributed by atoms with Gasteiger partial charge in [0, 0.05) is 25.7 Å².